The van der Waals surface area contributed by atoms with Gasteiger partial charge >= 0.3 is 0 Å². The number of benzene rings is 1. The maximum Gasteiger partial charge on any atom is 0.0652 e. The van der Waals surface area contributed by atoms with Crippen molar-refractivity contribution in [2.45, 2.75) is 47.1 Å². The van der Waals surface area contributed by atoms with Gasteiger partial charge in [0.25, 0.3) is 0 Å². The van der Waals surface area contributed by atoms with Gasteiger partial charge in [-0.05, 0) is 57.5 Å². The number of nitrogens with one attached hydrogen (secondary N) is 1. The lowest BCUT2D eigenvalue weighted by Crippen LogP contribution is -2.47. The summed E-state index contributed by atoms with van der Waals surface area (Å²) in [5.74, 6) is 0. The van der Waals surface area contributed by atoms with Crippen LogP contribution in [0.5, 0.6) is 0 Å². The van der Waals surface area contributed by atoms with Gasteiger partial charge in [-0.15, -0.1) is 0 Å². The molecule has 120 valence electrons. The van der Waals surface area contributed by atoms with Gasteiger partial charge in [-0.3, -0.25) is 0 Å². The molecular weight excluding hydrogens is 260 g/mol. The van der Waals surface area contributed by atoms with Crippen molar-refractivity contribution >= 4 is 0 Å². The van der Waals surface area contributed by atoms with E-state index in [1.54, 1.807) is 0 Å². The summed E-state index contributed by atoms with van der Waals surface area (Å²) in [6.45, 7) is 17.0. The lowest BCUT2D eigenvalue weighted by Gasteiger charge is -2.33. The molecule has 0 saturated carbocycles. The zero-order valence-electron chi connectivity index (χ0n) is 14.6. The summed E-state index contributed by atoms with van der Waals surface area (Å²) in [6, 6.07) is 4.39. The molecule has 0 amide bonds. The Kier molecular flexibility index (Phi) is 6.85. The van der Waals surface area contributed by atoms with Crippen LogP contribution in [-0.4, -0.2) is 42.8 Å². The van der Waals surface area contributed by atoms with E-state index in [4.69, 9.17) is 0 Å². The topological polar surface area (TPSA) is 35.5 Å². The van der Waals surface area contributed by atoms with Crippen LogP contribution >= 0.6 is 0 Å². The minimum Gasteiger partial charge on any atom is -0.394 e. The monoisotopic (exact) mass is 292 g/mol. The van der Waals surface area contributed by atoms with Gasteiger partial charge < -0.3 is 15.3 Å². The third-order valence-electron chi connectivity index (χ3n) is 4.38. The highest BCUT2D eigenvalue weighted by Gasteiger charge is 2.28. The molecule has 1 aromatic carbocycles. The highest BCUT2D eigenvalue weighted by Crippen LogP contribution is 2.28. The van der Waals surface area contributed by atoms with E-state index in [-0.39, 0.29) is 12.1 Å². The van der Waals surface area contributed by atoms with Crippen molar-refractivity contribution < 1.29 is 5.11 Å². The molecule has 3 heteroatoms. The highest BCUT2D eigenvalue weighted by molar-refractivity contribution is 5.42. The van der Waals surface area contributed by atoms with E-state index in [1.807, 2.05) is 0 Å². The smallest absolute Gasteiger partial charge is 0.0652 e. The van der Waals surface area contributed by atoms with Gasteiger partial charge in [-0.1, -0.05) is 31.5 Å². The fraction of sp³-hybridized carbons (Fsp3) is 0.667. The van der Waals surface area contributed by atoms with Crippen molar-refractivity contribution in [1.29, 1.82) is 0 Å². The van der Waals surface area contributed by atoms with Gasteiger partial charge in [0, 0.05) is 13.1 Å². The van der Waals surface area contributed by atoms with Crippen molar-refractivity contribution in [1.82, 2.24) is 10.2 Å². The summed E-state index contributed by atoms with van der Waals surface area (Å²) >= 11 is 0. The summed E-state index contributed by atoms with van der Waals surface area (Å²) in [6.07, 6.45) is 0. The van der Waals surface area contributed by atoms with Crippen LogP contribution in [0, 0.1) is 20.8 Å². The van der Waals surface area contributed by atoms with E-state index < -0.39 is 0 Å². The third kappa shape index (κ3) is 4.53. The van der Waals surface area contributed by atoms with E-state index in [1.165, 1.54) is 22.3 Å². The van der Waals surface area contributed by atoms with Crippen molar-refractivity contribution in [2.75, 3.05) is 32.8 Å². The molecule has 21 heavy (non-hydrogen) atoms. The van der Waals surface area contributed by atoms with Gasteiger partial charge in [-0.25, -0.2) is 0 Å². The molecule has 0 aliphatic rings. The Balaban J connectivity index is 2.90. The molecule has 0 aliphatic heterocycles. The van der Waals surface area contributed by atoms with E-state index in [0.717, 1.165) is 26.2 Å². The fourth-order valence-electron chi connectivity index (χ4n) is 3.30. The molecule has 0 spiro atoms. The molecule has 0 fully saturated rings. The van der Waals surface area contributed by atoms with Crippen LogP contribution in [0.1, 0.15) is 43.0 Å². The highest BCUT2D eigenvalue weighted by atomic mass is 16.3. The SMILES string of the molecule is CCN(CC)CCNC(C)(CO)c1c(C)cc(C)cc1C. The van der Waals surface area contributed by atoms with Crippen molar-refractivity contribution in [3.63, 3.8) is 0 Å². The Hall–Kier alpha value is -0.900. The predicted molar refractivity (Wildman–Crippen MR) is 90.9 cm³/mol. The number of hydrogen-bond acceptors (Lipinski definition) is 3. The molecule has 0 bridgehead atoms. The first-order valence-corrected chi connectivity index (χ1v) is 8.04. The maximum atomic E-state index is 9.96. The van der Waals surface area contributed by atoms with Gasteiger partial charge in [0.2, 0.25) is 0 Å². The average molecular weight is 292 g/mol. The van der Waals surface area contributed by atoms with Crippen molar-refractivity contribution in [3.8, 4) is 0 Å². The molecule has 1 rings (SSSR count). The third-order valence-corrected chi connectivity index (χ3v) is 4.38. The molecule has 3 nitrogen and oxygen atoms in total. The van der Waals surface area contributed by atoms with Crippen LogP contribution in [0.4, 0.5) is 0 Å². The largest absolute Gasteiger partial charge is 0.394 e. The van der Waals surface area contributed by atoms with Crippen LogP contribution in [0.3, 0.4) is 0 Å². The number of nitrogens with zero attached hydrogens (tertiary/aromatic N) is 1. The first-order valence-electron chi connectivity index (χ1n) is 8.04. The Morgan fingerprint density at radius 3 is 2.05 bits per heavy atom. The number of aliphatic hydroxyl groups excluding tert-OH is 1. The van der Waals surface area contributed by atoms with Crippen molar-refractivity contribution in [2.24, 2.45) is 0 Å². The first kappa shape index (κ1) is 18.1. The van der Waals surface area contributed by atoms with Gasteiger partial charge in [0.15, 0.2) is 0 Å². The number of aryl methyl sites for hydroxylation is 3. The second kappa shape index (κ2) is 7.92. The quantitative estimate of drug-likeness (QED) is 0.773. The number of aliphatic hydroxyl groups is 1. The Bertz CT molecular complexity index is 432. The lowest BCUT2D eigenvalue weighted by atomic mass is 9.84. The normalized spacial score (nSPS) is 14.5. The second-order valence-corrected chi connectivity index (χ2v) is 6.22. The molecule has 0 heterocycles. The van der Waals surface area contributed by atoms with Crippen LogP contribution in [0.15, 0.2) is 12.1 Å². The summed E-state index contributed by atoms with van der Waals surface area (Å²) in [7, 11) is 0. The molecule has 0 aliphatic carbocycles. The zero-order valence-corrected chi connectivity index (χ0v) is 14.6. The van der Waals surface area contributed by atoms with E-state index in [0.29, 0.717) is 0 Å². The number of rotatable bonds is 8. The maximum absolute atomic E-state index is 9.96. The number of likely N-dealkylation sites (N-methyl/N-ethyl adjacent to an activating group) is 1. The summed E-state index contributed by atoms with van der Waals surface area (Å²) in [4.78, 5) is 2.39. The lowest BCUT2D eigenvalue weighted by molar-refractivity contribution is 0.167. The van der Waals surface area contributed by atoms with E-state index in [9.17, 15) is 5.11 Å². The summed E-state index contributed by atoms with van der Waals surface area (Å²) in [5, 5.41) is 13.5. The average Bonchev–Trinajstić information content (AvgIpc) is 2.42. The minimum absolute atomic E-state index is 0.107. The van der Waals surface area contributed by atoms with E-state index in [2.05, 4.69) is 63.9 Å². The van der Waals surface area contributed by atoms with Crippen LogP contribution in [0.25, 0.3) is 0 Å². The summed E-state index contributed by atoms with van der Waals surface area (Å²) in [5.41, 5.74) is 4.63. The molecule has 1 unspecified atom stereocenters. The predicted octanol–water partition coefficient (Wildman–Crippen LogP) is 2.75. The molecule has 0 aromatic heterocycles. The zero-order chi connectivity index (χ0) is 16.0. The van der Waals surface area contributed by atoms with Crippen molar-refractivity contribution in [3.05, 3.63) is 34.4 Å². The molecule has 1 atom stereocenters. The Morgan fingerprint density at radius 2 is 1.62 bits per heavy atom. The summed E-state index contributed by atoms with van der Waals surface area (Å²) < 4.78 is 0. The van der Waals surface area contributed by atoms with Crippen LogP contribution in [0.2, 0.25) is 0 Å². The fourth-order valence-corrected chi connectivity index (χ4v) is 3.30. The second-order valence-electron chi connectivity index (χ2n) is 6.22. The van der Waals surface area contributed by atoms with Gasteiger partial charge in [-0.2, -0.15) is 0 Å². The molecule has 0 saturated heterocycles. The van der Waals surface area contributed by atoms with E-state index >= 15 is 0 Å². The minimum atomic E-state index is -0.380. The molecular formula is C18H32N2O. The molecule has 1 aromatic rings. The van der Waals surface area contributed by atoms with Crippen LogP contribution in [-0.2, 0) is 5.54 Å². The van der Waals surface area contributed by atoms with Gasteiger partial charge in [0.05, 0.1) is 12.1 Å². The molecule has 2 N–H and O–H groups in total. The van der Waals surface area contributed by atoms with Crippen LogP contribution < -0.4 is 5.32 Å². The van der Waals surface area contributed by atoms with Gasteiger partial charge in [0.1, 0.15) is 0 Å². The Morgan fingerprint density at radius 1 is 1.10 bits per heavy atom. The number of hydrogen-bond donors (Lipinski definition) is 2. The first-order chi connectivity index (χ1) is 9.87. The standard InChI is InChI=1S/C18H32N2O/c1-7-20(8-2)10-9-19-18(6,13-21)17-15(4)11-14(3)12-16(17)5/h11-12,19,21H,7-10,13H2,1-6H3. The molecule has 0 radical (unpaired) electrons. The Labute approximate surface area is 130 Å².